The number of benzene rings is 3. The van der Waals surface area contributed by atoms with E-state index >= 15 is 0 Å². The lowest BCUT2D eigenvalue weighted by atomic mass is 9.91. The molecule has 1 amide bonds. The molecule has 0 aromatic heterocycles. The maximum atomic E-state index is 13.4. The number of carboxylic acid groups (broad SMARTS) is 1. The van der Waals surface area contributed by atoms with Crippen molar-refractivity contribution >= 4 is 23.5 Å². The smallest absolute Gasteiger partial charge is 0.323 e. The summed E-state index contributed by atoms with van der Waals surface area (Å²) in [7, 11) is 0. The van der Waals surface area contributed by atoms with E-state index < -0.39 is 11.6 Å². The molecular formula is C30H32ClNO4. The molecule has 0 unspecified atom stereocenters. The number of fused-ring (bicyclic) bond motifs is 1. The summed E-state index contributed by atoms with van der Waals surface area (Å²) in [5.41, 5.74) is 4.26. The van der Waals surface area contributed by atoms with Crippen molar-refractivity contribution in [2.45, 2.75) is 58.1 Å². The zero-order valence-corrected chi connectivity index (χ0v) is 21.6. The monoisotopic (exact) mass is 505 g/mol. The summed E-state index contributed by atoms with van der Waals surface area (Å²) in [5, 5.41) is 10.2. The Morgan fingerprint density at radius 2 is 1.67 bits per heavy atom. The van der Waals surface area contributed by atoms with E-state index in [9.17, 15) is 14.7 Å². The second-order valence-corrected chi connectivity index (χ2v) is 10.3. The van der Waals surface area contributed by atoms with Crippen molar-refractivity contribution in [2.24, 2.45) is 0 Å². The maximum Gasteiger partial charge on any atom is 0.323 e. The van der Waals surface area contributed by atoms with Gasteiger partial charge < -0.3 is 14.7 Å². The van der Waals surface area contributed by atoms with Crippen molar-refractivity contribution in [1.82, 2.24) is 4.90 Å². The van der Waals surface area contributed by atoms with Crippen LogP contribution in [0.1, 0.15) is 59.3 Å². The fourth-order valence-corrected chi connectivity index (χ4v) is 4.87. The first-order valence-corrected chi connectivity index (χ1v) is 12.8. The first-order valence-electron chi connectivity index (χ1n) is 12.4. The van der Waals surface area contributed by atoms with Crippen LogP contribution in [0.15, 0.2) is 66.7 Å². The van der Waals surface area contributed by atoms with Crippen molar-refractivity contribution in [2.75, 3.05) is 6.54 Å². The molecule has 1 atom stereocenters. The standard InChI is InChI=1S/C30H32ClNO4/c1-3-4-5-21-6-8-23(9-7-21)19-32(20-28(33)34)29(35)24-12-15-27-25(16-24)18-30(2,36-27)17-22-10-13-26(31)14-11-22/h6-16H,3-5,17-20H2,1-2H3,(H,33,34)/t30-/m0/s1. The van der Waals surface area contributed by atoms with Gasteiger partial charge in [0.25, 0.3) is 5.91 Å². The fraction of sp³-hybridized carbons (Fsp3) is 0.333. The second-order valence-electron chi connectivity index (χ2n) is 9.83. The van der Waals surface area contributed by atoms with Crippen LogP contribution < -0.4 is 4.74 Å². The number of rotatable bonds is 10. The molecule has 1 heterocycles. The van der Waals surface area contributed by atoms with Gasteiger partial charge in [0.05, 0.1) is 0 Å². The van der Waals surface area contributed by atoms with Crippen molar-refractivity contribution in [3.05, 3.63) is 99.6 Å². The van der Waals surface area contributed by atoms with Crippen LogP contribution in [0.4, 0.5) is 0 Å². The van der Waals surface area contributed by atoms with Gasteiger partial charge in [0, 0.05) is 30.0 Å². The van der Waals surface area contributed by atoms with Crippen LogP contribution >= 0.6 is 11.6 Å². The van der Waals surface area contributed by atoms with Crippen LogP contribution in [0.5, 0.6) is 5.75 Å². The minimum Gasteiger partial charge on any atom is -0.487 e. The Hall–Kier alpha value is -3.31. The number of nitrogens with zero attached hydrogens (tertiary/aromatic N) is 1. The zero-order chi connectivity index (χ0) is 25.7. The molecule has 1 aliphatic rings. The zero-order valence-electron chi connectivity index (χ0n) is 20.8. The molecule has 5 nitrogen and oxygen atoms in total. The van der Waals surface area contributed by atoms with Gasteiger partial charge in [0.1, 0.15) is 17.9 Å². The van der Waals surface area contributed by atoms with Gasteiger partial charge in [-0.3, -0.25) is 9.59 Å². The third kappa shape index (κ3) is 6.46. The van der Waals surface area contributed by atoms with E-state index in [0.717, 1.165) is 41.7 Å². The number of hydrogen-bond donors (Lipinski definition) is 1. The van der Waals surface area contributed by atoms with Gasteiger partial charge in [-0.05, 0) is 72.4 Å². The number of carbonyl (C=O) groups excluding carboxylic acids is 1. The maximum absolute atomic E-state index is 13.4. The third-order valence-electron chi connectivity index (χ3n) is 6.55. The minimum absolute atomic E-state index is 0.237. The Bertz CT molecular complexity index is 1220. The molecule has 3 aromatic rings. The largest absolute Gasteiger partial charge is 0.487 e. The summed E-state index contributed by atoms with van der Waals surface area (Å²) < 4.78 is 6.27. The highest BCUT2D eigenvalue weighted by Crippen LogP contribution is 2.37. The van der Waals surface area contributed by atoms with E-state index in [1.807, 2.05) is 48.5 Å². The lowest BCUT2D eigenvalue weighted by Gasteiger charge is -2.24. The van der Waals surface area contributed by atoms with Crippen LogP contribution in [0, 0.1) is 0 Å². The highest BCUT2D eigenvalue weighted by molar-refractivity contribution is 6.30. The molecule has 0 spiro atoms. The van der Waals surface area contributed by atoms with E-state index in [1.54, 1.807) is 6.07 Å². The molecule has 0 bridgehead atoms. The van der Waals surface area contributed by atoms with E-state index in [4.69, 9.17) is 16.3 Å². The summed E-state index contributed by atoms with van der Waals surface area (Å²) in [5.74, 6) is -0.583. The van der Waals surface area contributed by atoms with E-state index in [0.29, 0.717) is 23.4 Å². The Morgan fingerprint density at radius 1 is 1.00 bits per heavy atom. The molecule has 188 valence electrons. The minimum atomic E-state index is -1.04. The summed E-state index contributed by atoms with van der Waals surface area (Å²) in [6.07, 6.45) is 4.65. The molecule has 1 N–H and O–H groups in total. The van der Waals surface area contributed by atoms with Crippen molar-refractivity contribution in [3.63, 3.8) is 0 Å². The Kier molecular flexibility index (Phi) is 8.00. The van der Waals surface area contributed by atoms with Crippen LogP contribution in [-0.4, -0.2) is 34.0 Å². The second kappa shape index (κ2) is 11.2. The van der Waals surface area contributed by atoms with Crippen molar-refractivity contribution < 1.29 is 19.4 Å². The van der Waals surface area contributed by atoms with E-state index in [1.165, 1.54) is 10.5 Å². The van der Waals surface area contributed by atoms with Gasteiger partial charge in [-0.25, -0.2) is 0 Å². The summed E-state index contributed by atoms with van der Waals surface area (Å²) in [6.45, 7) is 4.10. The van der Waals surface area contributed by atoms with Crippen molar-refractivity contribution in [3.8, 4) is 5.75 Å². The molecule has 3 aromatic carbocycles. The van der Waals surface area contributed by atoms with Gasteiger partial charge >= 0.3 is 5.97 Å². The first kappa shape index (κ1) is 25.8. The molecule has 1 aliphatic heterocycles. The molecule has 0 aliphatic carbocycles. The number of carbonyl (C=O) groups is 2. The molecule has 0 saturated heterocycles. The van der Waals surface area contributed by atoms with Crippen LogP contribution in [0.2, 0.25) is 5.02 Å². The lowest BCUT2D eigenvalue weighted by molar-refractivity contribution is -0.137. The first-order chi connectivity index (χ1) is 17.2. The fourth-order valence-electron chi connectivity index (χ4n) is 4.75. The molecule has 0 radical (unpaired) electrons. The normalized spacial score (nSPS) is 16.3. The SMILES string of the molecule is CCCCc1ccc(CN(CC(=O)O)C(=O)c2ccc3c(c2)C[C@](C)(Cc2ccc(Cl)cc2)O3)cc1. The number of ether oxygens (including phenoxy) is 1. The summed E-state index contributed by atoms with van der Waals surface area (Å²) in [4.78, 5) is 26.3. The molecule has 36 heavy (non-hydrogen) atoms. The highest BCUT2D eigenvalue weighted by atomic mass is 35.5. The molecule has 6 heteroatoms. The Balaban J connectivity index is 1.48. The van der Waals surface area contributed by atoms with Gasteiger partial charge in [-0.1, -0.05) is 61.3 Å². The molecular weight excluding hydrogens is 474 g/mol. The number of unbranched alkanes of at least 4 members (excludes halogenated alkanes) is 1. The van der Waals surface area contributed by atoms with E-state index in [-0.39, 0.29) is 19.0 Å². The average Bonchev–Trinajstić information content (AvgIpc) is 3.18. The van der Waals surface area contributed by atoms with Crippen LogP contribution in [0.3, 0.4) is 0 Å². The molecule has 4 rings (SSSR count). The number of hydrogen-bond acceptors (Lipinski definition) is 3. The summed E-state index contributed by atoms with van der Waals surface area (Å²) >= 11 is 6.01. The average molecular weight is 506 g/mol. The topological polar surface area (TPSA) is 66.8 Å². The number of halogens is 1. The number of aliphatic carboxylic acids is 1. The molecule has 0 fully saturated rings. The number of carboxylic acids is 1. The highest BCUT2D eigenvalue weighted by Gasteiger charge is 2.35. The van der Waals surface area contributed by atoms with Gasteiger partial charge in [0.2, 0.25) is 0 Å². The van der Waals surface area contributed by atoms with Crippen LogP contribution in [-0.2, 0) is 30.6 Å². The van der Waals surface area contributed by atoms with Crippen LogP contribution in [0.25, 0.3) is 0 Å². The number of aryl methyl sites for hydroxylation is 1. The Labute approximate surface area is 217 Å². The van der Waals surface area contributed by atoms with Gasteiger partial charge in [0.15, 0.2) is 0 Å². The predicted octanol–water partition coefficient (Wildman–Crippen LogP) is 6.35. The number of amides is 1. The Morgan fingerprint density at radius 3 is 2.33 bits per heavy atom. The van der Waals surface area contributed by atoms with E-state index in [2.05, 4.69) is 26.0 Å². The third-order valence-corrected chi connectivity index (χ3v) is 6.80. The lowest BCUT2D eigenvalue weighted by Crippen LogP contribution is -2.35. The summed E-state index contributed by atoms with van der Waals surface area (Å²) in [6, 6.07) is 21.2. The van der Waals surface area contributed by atoms with Gasteiger partial charge in [-0.2, -0.15) is 0 Å². The quantitative estimate of drug-likeness (QED) is 0.349. The van der Waals surface area contributed by atoms with Crippen molar-refractivity contribution in [1.29, 1.82) is 0 Å². The van der Waals surface area contributed by atoms with Gasteiger partial charge in [-0.15, -0.1) is 0 Å². The predicted molar refractivity (Wildman–Crippen MR) is 142 cm³/mol. The molecule has 0 saturated carbocycles.